The van der Waals surface area contributed by atoms with Gasteiger partial charge in [0.15, 0.2) is 0 Å². The Bertz CT molecular complexity index is 98.4. The van der Waals surface area contributed by atoms with Crippen LogP contribution in [0.15, 0.2) is 4.99 Å². The van der Waals surface area contributed by atoms with Gasteiger partial charge in [0.25, 0.3) is 0 Å². The van der Waals surface area contributed by atoms with E-state index in [0.29, 0.717) is 12.1 Å². The van der Waals surface area contributed by atoms with Crippen LogP contribution in [0.25, 0.3) is 0 Å². The molecule has 0 spiro atoms. The minimum atomic E-state index is 0.486. The van der Waals surface area contributed by atoms with Crippen molar-refractivity contribution in [1.82, 2.24) is 4.90 Å². The molecule has 0 fully saturated rings. The molecular weight excluding hydrogens is 148 g/mol. The third-order valence-corrected chi connectivity index (χ3v) is 1.82. The van der Waals surface area contributed by atoms with Gasteiger partial charge in [-0.15, -0.1) is 0 Å². The lowest BCUT2D eigenvalue weighted by atomic mass is 10.2. The largest absolute Gasteiger partial charge is 0.361 e. The summed E-state index contributed by atoms with van der Waals surface area (Å²) in [6, 6.07) is 1.08. The molecule has 0 radical (unpaired) electrons. The Morgan fingerprint density at radius 3 is 1.58 bits per heavy atom. The van der Waals surface area contributed by atoms with Crippen LogP contribution in [0, 0.1) is 0 Å². The standard InChI is InChI=1S/C6H12N2.2C2H6/c1-5-6(2)8(3)4-7-5;2*1-2/h4-6H,1-3H3;2*1-2H3. The highest BCUT2D eigenvalue weighted by Gasteiger charge is 2.18. The van der Waals surface area contributed by atoms with Crippen molar-refractivity contribution in [2.45, 2.75) is 53.6 Å². The summed E-state index contributed by atoms with van der Waals surface area (Å²) < 4.78 is 0. The maximum atomic E-state index is 4.20. The van der Waals surface area contributed by atoms with Crippen LogP contribution in [0.4, 0.5) is 0 Å². The van der Waals surface area contributed by atoms with Crippen LogP contribution < -0.4 is 0 Å². The molecule has 0 N–H and O–H groups in total. The van der Waals surface area contributed by atoms with Crippen LogP contribution in [0.2, 0.25) is 0 Å². The summed E-state index contributed by atoms with van der Waals surface area (Å²) >= 11 is 0. The van der Waals surface area contributed by atoms with E-state index in [4.69, 9.17) is 0 Å². The lowest BCUT2D eigenvalue weighted by Crippen LogP contribution is -2.28. The molecule has 0 aromatic rings. The molecule has 2 unspecified atom stereocenters. The molecule has 1 heterocycles. The number of rotatable bonds is 0. The van der Waals surface area contributed by atoms with Gasteiger partial charge in [0.1, 0.15) is 0 Å². The highest BCUT2D eigenvalue weighted by Crippen LogP contribution is 2.08. The number of hydrogen-bond donors (Lipinski definition) is 0. The van der Waals surface area contributed by atoms with Crippen LogP contribution >= 0.6 is 0 Å². The third kappa shape index (κ3) is 4.37. The monoisotopic (exact) mass is 172 g/mol. The van der Waals surface area contributed by atoms with Crippen molar-refractivity contribution in [3.63, 3.8) is 0 Å². The summed E-state index contributed by atoms with van der Waals surface area (Å²) in [5, 5.41) is 0. The van der Waals surface area contributed by atoms with Gasteiger partial charge in [0, 0.05) is 13.1 Å². The first-order chi connectivity index (χ1) is 5.72. The molecule has 0 aromatic carbocycles. The summed E-state index contributed by atoms with van der Waals surface area (Å²) in [5.74, 6) is 0. The van der Waals surface area contributed by atoms with Crippen molar-refractivity contribution >= 4 is 6.34 Å². The predicted octanol–water partition coefficient (Wildman–Crippen LogP) is 2.79. The summed E-state index contributed by atoms with van der Waals surface area (Å²) in [7, 11) is 2.05. The molecule has 74 valence electrons. The highest BCUT2D eigenvalue weighted by atomic mass is 15.2. The van der Waals surface area contributed by atoms with Crippen molar-refractivity contribution in [3.05, 3.63) is 0 Å². The molecule has 1 rings (SSSR count). The maximum Gasteiger partial charge on any atom is 0.0854 e. The molecule has 0 aliphatic carbocycles. The van der Waals surface area contributed by atoms with Gasteiger partial charge in [-0.05, 0) is 13.8 Å². The molecule has 1 aliphatic heterocycles. The maximum absolute atomic E-state index is 4.20. The fraction of sp³-hybridized carbons (Fsp3) is 0.900. The lowest BCUT2D eigenvalue weighted by Gasteiger charge is -2.16. The number of likely N-dealkylation sites (N-methyl/N-ethyl adjacent to an activating group) is 1. The van der Waals surface area contributed by atoms with Crippen molar-refractivity contribution < 1.29 is 0 Å². The zero-order chi connectivity index (χ0) is 10.1. The van der Waals surface area contributed by atoms with Crippen LogP contribution in [0.3, 0.4) is 0 Å². The fourth-order valence-corrected chi connectivity index (χ4v) is 0.780. The van der Waals surface area contributed by atoms with E-state index in [2.05, 4.69) is 30.8 Å². The Morgan fingerprint density at radius 2 is 1.50 bits per heavy atom. The molecule has 0 amide bonds. The number of nitrogens with zero attached hydrogens (tertiary/aromatic N) is 2. The quantitative estimate of drug-likeness (QED) is 0.548. The van der Waals surface area contributed by atoms with Crippen molar-refractivity contribution in [2.24, 2.45) is 4.99 Å². The zero-order valence-corrected chi connectivity index (χ0v) is 9.63. The average molecular weight is 172 g/mol. The van der Waals surface area contributed by atoms with E-state index >= 15 is 0 Å². The first kappa shape index (κ1) is 14.0. The van der Waals surface area contributed by atoms with Crippen LogP contribution in [0.1, 0.15) is 41.5 Å². The zero-order valence-electron chi connectivity index (χ0n) is 9.63. The predicted molar refractivity (Wildman–Crippen MR) is 57.9 cm³/mol. The van der Waals surface area contributed by atoms with E-state index in [1.807, 2.05) is 34.0 Å². The Kier molecular flexibility index (Phi) is 10.0. The molecule has 0 aromatic heterocycles. The van der Waals surface area contributed by atoms with E-state index in [9.17, 15) is 0 Å². The molecule has 1 aliphatic rings. The fourth-order valence-electron chi connectivity index (χ4n) is 0.780. The molecule has 0 saturated heterocycles. The van der Waals surface area contributed by atoms with Gasteiger partial charge < -0.3 is 4.90 Å². The summed E-state index contributed by atoms with van der Waals surface area (Å²) in [5.41, 5.74) is 0. The van der Waals surface area contributed by atoms with Crippen molar-refractivity contribution in [3.8, 4) is 0 Å². The summed E-state index contributed by atoms with van der Waals surface area (Å²) in [4.78, 5) is 6.33. The van der Waals surface area contributed by atoms with Gasteiger partial charge in [-0.25, -0.2) is 0 Å². The molecule has 12 heavy (non-hydrogen) atoms. The minimum Gasteiger partial charge on any atom is -0.361 e. The second-order valence-electron chi connectivity index (χ2n) is 2.41. The topological polar surface area (TPSA) is 15.6 Å². The van der Waals surface area contributed by atoms with Gasteiger partial charge in [-0.3, -0.25) is 4.99 Å². The first-order valence-corrected chi connectivity index (χ1v) is 4.97. The number of aliphatic imine (C=N–C) groups is 1. The van der Waals surface area contributed by atoms with E-state index in [1.54, 1.807) is 0 Å². The van der Waals surface area contributed by atoms with Crippen LogP contribution in [-0.2, 0) is 0 Å². The Hall–Kier alpha value is -0.530. The normalized spacial score (nSPS) is 25.4. The molecule has 0 bridgehead atoms. The Labute approximate surface area is 77.7 Å². The molecular formula is C10H24N2. The molecule has 2 nitrogen and oxygen atoms in total. The first-order valence-electron chi connectivity index (χ1n) is 4.97. The third-order valence-electron chi connectivity index (χ3n) is 1.82. The van der Waals surface area contributed by atoms with Gasteiger partial charge in [0.2, 0.25) is 0 Å². The molecule has 0 saturated carbocycles. The van der Waals surface area contributed by atoms with E-state index in [-0.39, 0.29) is 0 Å². The highest BCUT2D eigenvalue weighted by molar-refractivity contribution is 5.58. The molecule has 2 atom stereocenters. The van der Waals surface area contributed by atoms with Gasteiger partial charge in [0.05, 0.1) is 12.4 Å². The summed E-state index contributed by atoms with van der Waals surface area (Å²) in [6.45, 7) is 12.3. The van der Waals surface area contributed by atoms with E-state index < -0.39 is 0 Å². The number of hydrogen-bond acceptors (Lipinski definition) is 2. The Balaban J connectivity index is 0. The second kappa shape index (κ2) is 8.57. The lowest BCUT2D eigenvalue weighted by molar-refractivity contribution is 0.393. The van der Waals surface area contributed by atoms with E-state index in [1.165, 1.54) is 0 Å². The van der Waals surface area contributed by atoms with Crippen LogP contribution in [-0.4, -0.2) is 30.4 Å². The van der Waals surface area contributed by atoms with Gasteiger partial charge in [-0.2, -0.15) is 0 Å². The Morgan fingerprint density at radius 1 is 1.08 bits per heavy atom. The SMILES string of the molecule is CC.CC.CC1N=CN(C)C1C. The second-order valence-corrected chi connectivity index (χ2v) is 2.41. The van der Waals surface area contributed by atoms with Gasteiger partial charge in [-0.1, -0.05) is 27.7 Å². The minimum absolute atomic E-state index is 0.486. The van der Waals surface area contributed by atoms with Crippen molar-refractivity contribution in [1.29, 1.82) is 0 Å². The molecule has 2 heteroatoms. The summed E-state index contributed by atoms with van der Waals surface area (Å²) in [6.07, 6.45) is 1.90. The van der Waals surface area contributed by atoms with E-state index in [0.717, 1.165) is 0 Å². The smallest absolute Gasteiger partial charge is 0.0854 e. The van der Waals surface area contributed by atoms with Gasteiger partial charge >= 0.3 is 0 Å². The average Bonchev–Trinajstić information content (AvgIpc) is 2.43. The van der Waals surface area contributed by atoms with Crippen molar-refractivity contribution in [2.75, 3.05) is 7.05 Å². The van der Waals surface area contributed by atoms with Crippen LogP contribution in [0.5, 0.6) is 0 Å².